The fraction of sp³-hybridized carbons (Fsp3) is 0.250. The van der Waals surface area contributed by atoms with Gasteiger partial charge in [-0.15, -0.1) is 10.2 Å². The topological polar surface area (TPSA) is 24.7 Å². The molecule has 0 radical (unpaired) electrons. The van der Waals surface area contributed by atoms with Crippen LogP contribution in [-0.2, 0) is 4.57 Å². The number of alkyl halides is 1. The first kappa shape index (κ1) is 6.98. The lowest BCUT2D eigenvalue weighted by atomic mass is 10.1. The molecule has 1 heterocycles. The van der Waals surface area contributed by atoms with Crippen LogP contribution >= 0.6 is 15.9 Å². The molecule has 0 aromatic heterocycles. The van der Waals surface area contributed by atoms with Gasteiger partial charge >= 0.3 is 0 Å². The molecule has 2 rings (SSSR count). The summed E-state index contributed by atoms with van der Waals surface area (Å²) in [6, 6.07) is 8.18. The van der Waals surface area contributed by atoms with E-state index in [1.54, 1.807) is 0 Å². The number of aryl methyl sites for hydroxylation is 1. The van der Waals surface area contributed by atoms with Crippen LogP contribution in [0.4, 0.5) is 0 Å². The van der Waals surface area contributed by atoms with Crippen LogP contribution in [-0.4, -0.2) is 0 Å². The maximum Gasteiger partial charge on any atom is 0.269 e. The van der Waals surface area contributed by atoms with Crippen molar-refractivity contribution in [2.75, 3.05) is 0 Å². The van der Waals surface area contributed by atoms with Crippen LogP contribution in [0.3, 0.4) is 0 Å². The van der Waals surface area contributed by atoms with Crippen molar-refractivity contribution in [3.63, 3.8) is 0 Å². The molecule has 0 atom stereocenters. The van der Waals surface area contributed by atoms with E-state index in [2.05, 4.69) is 45.2 Å². The summed E-state index contributed by atoms with van der Waals surface area (Å²) in [5.74, 6) is 0. The van der Waals surface area contributed by atoms with Crippen molar-refractivity contribution in [2.24, 2.45) is 10.2 Å². The molecule has 0 amide bonds. The van der Waals surface area contributed by atoms with Crippen LogP contribution in [0.1, 0.15) is 11.1 Å². The summed E-state index contributed by atoms with van der Waals surface area (Å²) in [4.78, 5) is 0. The van der Waals surface area contributed by atoms with Crippen molar-refractivity contribution in [3.05, 3.63) is 35.4 Å². The summed E-state index contributed by atoms with van der Waals surface area (Å²) in [5.41, 5.74) is 2.36. The Morgan fingerprint density at radius 3 is 2.18 bits per heavy atom. The molecule has 0 saturated heterocycles. The third-order valence-corrected chi connectivity index (χ3v) is 2.47. The van der Waals surface area contributed by atoms with Gasteiger partial charge in [0.25, 0.3) is 4.57 Å². The molecular formula is C8H7BrN2. The fourth-order valence-corrected chi connectivity index (χ4v) is 1.27. The van der Waals surface area contributed by atoms with Crippen molar-refractivity contribution < 1.29 is 0 Å². The maximum atomic E-state index is 3.88. The molecule has 1 aromatic rings. The van der Waals surface area contributed by atoms with Gasteiger partial charge in [0.2, 0.25) is 0 Å². The first-order valence-electron chi connectivity index (χ1n) is 3.41. The predicted molar refractivity (Wildman–Crippen MR) is 46.6 cm³/mol. The minimum absolute atomic E-state index is 0.402. The molecule has 0 bridgehead atoms. The molecule has 1 aliphatic heterocycles. The maximum absolute atomic E-state index is 3.88. The van der Waals surface area contributed by atoms with Crippen LogP contribution in [0, 0.1) is 6.92 Å². The molecular weight excluding hydrogens is 204 g/mol. The van der Waals surface area contributed by atoms with Gasteiger partial charge in [0, 0.05) is 5.56 Å². The summed E-state index contributed by atoms with van der Waals surface area (Å²) >= 11 is 3.39. The van der Waals surface area contributed by atoms with Crippen LogP contribution in [0.25, 0.3) is 0 Å². The lowest BCUT2D eigenvalue weighted by Gasteiger charge is -2.01. The Morgan fingerprint density at radius 2 is 1.73 bits per heavy atom. The summed E-state index contributed by atoms with van der Waals surface area (Å²) in [7, 11) is 0. The van der Waals surface area contributed by atoms with Gasteiger partial charge in [-0.3, -0.25) is 0 Å². The van der Waals surface area contributed by atoms with E-state index in [0.717, 1.165) is 5.56 Å². The van der Waals surface area contributed by atoms with Crippen molar-refractivity contribution in [3.8, 4) is 0 Å². The van der Waals surface area contributed by atoms with E-state index in [0.29, 0.717) is 0 Å². The second kappa shape index (κ2) is 2.14. The molecule has 0 saturated carbocycles. The van der Waals surface area contributed by atoms with Gasteiger partial charge in [-0.2, -0.15) is 0 Å². The highest BCUT2D eigenvalue weighted by Gasteiger charge is 2.38. The second-order valence-electron chi connectivity index (χ2n) is 2.65. The van der Waals surface area contributed by atoms with Gasteiger partial charge in [0.15, 0.2) is 0 Å². The van der Waals surface area contributed by atoms with Gasteiger partial charge in [-0.25, -0.2) is 0 Å². The van der Waals surface area contributed by atoms with Crippen LogP contribution in [0.5, 0.6) is 0 Å². The zero-order chi connectivity index (χ0) is 7.90. The zero-order valence-electron chi connectivity index (χ0n) is 6.08. The molecule has 56 valence electrons. The Morgan fingerprint density at radius 1 is 1.18 bits per heavy atom. The molecule has 0 aliphatic carbocycles. The quantitative estimate of drug-likeness (QED) is 0.504. The molecule has 0 N–H and O–H groups in total. The van der Waals surface area contributed by atoms with E-state index < -0.39 is 4.57 Å². The third kappa shape index (κ3) is 1.20. The average Bonchev–Trinajstić information content (AvgIpc) is 2.70. The van der Waals surface area contributed by atoms with Gasteiger partial charge in [0.1, 0.15) is 0 Å². The number of nitrogens with zero attached hydrogens (tertiary/aromatic N) is 2. The van der Waals surface area contributed by atoms with E-state index in [9.17, 15) is 0 Å². The van der Waals surface area contributed by atoms with Gasteiger partial charge in [-0.1, -0.05) is 29.8 Å². The molecule has 11 heavy (non-hydrogen) atoms. The minimum Gasteiger partial charge on any atom is -0.140 e. The Balaban J connectivity index is 2.34. The highest BCUT2D eigenvalue weighted by molar-refractivity contribution is 9.09. The zero-order valence-corrected chi connectivity index (χ0v) is 7.67. The SMILES string of the molecule is Cc1ccc(C2(Br)N=N2)cc1. The van der Waals surface area contributed by atoms with Gasteiger partial charge < -0.3 is 0 Å². The molecule has 3 heteroatoms. The normalized spacial score (nSPS) is 18.4. The summed E-state index contributed by atoms with van der Waals surface area (Å²) < 4.78 is -0.402. The highest BCUT2D eigenvalue weighted by Crippen LogP contribution is 2.45. The first-order valence-corrected chi connectivity index (χ1v) is 4.20. The van der Waals surface area contributed by atoms with Crippen molar-refractivity contribution >= 4 is 15.9 Å². The number of benzene rings is 1. The van der Waals surface area contributed by atoms with Crippen LogP contribution in [0.15, 0.2) is 34.5 Å². The fourth-order valence-electron chi connectivity index (χ4n) is 0.925. The molecule has 0 fully saturated rings. The third-order valence-electron chi connectivity index (χ3n) is 1.69. The summed E-state index contributed by atoms with van der Waals surface area (Å²) in [5, 5.41) is 7.75. The Kier molecular flexibility index (Phi) is 1.36. The summed E-state index contributed by atoms with van der Waals surface area (Å²) in [6.07, 6.45) is 0. The van der Waals surface area contributed by atoms with E-state index in [4.69, 9.17) is 0 Å². The van der Waals surface area contributed by atoms with E-state index in [-0.39, 0.29) is 0 Å². The molecule has 0 spiro atoms. The average molecular weight is 211 g/mol. The van der Waals surface area contributed by atoms with Gasteiger partial charge in [0.05, 0.1) is 0 Å². The lowest BCUT2D eigenvalue weighted by molar-refractivity contribution is 0.982. The molecule has 1 aliphatic rings. The van der Waals surface area contributed by atoms with Crippen LogP contribution in [0.2, 0.25) is 0 Å². The highest BCUT2D eigenvalue weighted by atomic mass is 79.9. The molecule has 1 aromatic carbocycles. The minimum atomic E-state index is -0.402. The van der Waals surface area contributed by atoms with Crippen LogP contribution < -0.4 is 0 Å². The second-order valence-corrected chi connectivity index (χ2v) is 3.76. The number of hydrogen-bond donors (Lipinski definition) is 0. The first-order chi connectivity index (χ1) is 5.21. The number of hydrogen-bond acceptors (Lipinski definition) is 2. The van der Waals surface area contributed by atoms with E-state index in [1.165, 1.54) is 5.56 Å². The predicted octanol–water partition coefficient (Wildman–Crippen LogP) is 2.97. The number of halogens is 1. The van der Waals surface area contributed by atoms with E-state index >= 15 is 0 Å². The summed E-state index contributed by atoms with van der Waals surface area (Å²) in [6.45, 7) is 2.06. The van der Waals surface area contributed by atoms with E-state index in [1.807, 2.05) is 12.1 Å². The van der Waals surface area contributed by atoms with Crippen molar-refractivity contribution in [1.82, 2.24) is 0 Å². The largest absolute Gasteiger partial charge is 0.269 e. The number of rotatable bonds is 1. The Labute approximate surface area is 73.5 Å². The Hall–Kier alpha value is -0.700. The van der Waals surface area contributed by atoms with Crippen molar-refractivity contribution in [2.45, 2.75) is 11.5 Å². The van der Waals surface area contributed by atoms with Gasteiger partial charge in [-0.05, 0) is 22.9 Å². The smallest absolute Gasteiger partial charge is 0.140 e. The molecule has 0 unspecified atom stereocenters. The lowest BCUT2D eigenvalue weighted by Crippen LogP contribution is -1.95. The monoisotopic (exact) mass is 210 g/mol. The standard InChI is InChI=1S/C8H7BrN2/c1-6-2-4-7(5-3-6)8(9)10-11-8/h2-5H,1H3. The van der Waals surface area contributed by atoms with Crippen molar-refractivity contribution in [1.29, 1.82) is 0 Å². The Bertz CT molecular complexity index is 296. The molecule has 2 nitrogen and oxygen atoms in total.